The maximum Gasteiger partial charge on any atom is 0.416 e. The van der Waals surface area contributed by atoms with E-state index >= 15 is 0 Å². The van der Waals surface area contributed by atoms with Crippen LogP contribution in [-0.4, -0.2) is 15.9 Å². The molecule has 0 aliphatic carbocycles. The number of aliphatic imine (C=N–C) groups is 1. The van der Waals surface area contributed by atoms with Gasteiger partial charge < -0.3 is 16.0 Å². The molecule has 146 valence electrons. The topological polar surface area (TPSA) is 79.1 Å². The number of hydrogen-bond acceptors (Lipinski definition) is 2. The Balaban J connectivity index is 1.70. The highest BCUT2D eigenvalue weighted by molar-refractivity contribution is 5.92. The van der Waals surface area contributed by atoms with Crippen molar-refractivity contribution in [2.45, 2.75) is 19.0 Å². The molecule has 0 aliphatic heterocycles. The van der Waals surface area contributed by atoms with Gasteiger partial charge in [0.25, 0.3) is 0 Å². The number of allylic oxidation sites excluding steroid dienone is 1. The first-order valence-corrected chi connectivity index (χ1v) is 8.31. The smallest absolute Gasteiger partial charge is 0.369 e. The molecule has 1 heterocycles. The molecule has 9 heteroatoms. The van der Waals surface area contributed by atoms with Gasteiger partial charge in [0.1, 0.15) is 5.82 Å². The summed E-state index contributed by atoms with van der Waals surface area (Å²) in [6.07, 6.45) is 0.0378. The molecule has 0 saturated carbocycles. The second kappa shape index (κ2) is 7.71. The number of anilines is 1. The zero-order valence-electron chi connectivity index (χ0n) is 14.8. The van der Waals surface area contributed by atoms with Crippen LogP contribution in [0.2, 0.25) is 0 Å². The number of guanidine groups is 1. The van der Waals surface area contributed by atoms with E-state index in [1.54, 1.807) is 19.1 Å². The number of H-pyrrole nitrogens is 1. The van der Waals surface area contributed by atoms with E-state index in [9.17, 15) is 17.6 Å². The van der Waals surface area contributed by atoms with E-state index in [1.807, 2.05) is 0 Å². The minimum Gasteiger partial charge on any atom is -0.369 e. The summed E-state index contributed by atoms with van der Waals surface area (Å²) in [6.45, 7) is 1.78. The Kier molecular flexibility index (Phi) is 5.34. The molecule has 0 aliphatic rings. The normalized spacial score (nSPS) is 14.0. The highest BCUT2D eigenvalue weighted by atomic mass is 19.4. The molecule has 28 heavy (non-hydrogen) atoms. The van der Waals surface area contributed by atoms with Crippen molar-refractivity contribution in [2.24, 2.45) is 10.7 Å². The molecule has 0 bridgehead atoms. The van der Waals surface area contributed by atoms with Gasteiger partial charge in [0.15, 0.2) is 5.96 Å². The van der Waals surface area contributed by atoms with Gasteiger partial charge in [-0.2, -0.15) is 13.2 Å². The van der Waals surface area contributed by atoms with Gasteiger partial charge in [0.2, 0.25) is 0 Å². The molecule has 1 unspecified atom stereocenters. The van der Waals surface area contributed by atoms with Crippen molar-refractivity contribution in [3.8, 4) is 0 Å². The van der Waals surface area contributed by atoms with Crippen LogP contribution >= 0.6 is 0 Å². The molecule has 0 spiro atoms. The van der Waals surface area contributed by atoms with Crippen molar-refractivity contribution in [3.05, 3.63) is 71.9 Å². The molecule has 3 rings (SSSR count). The minimum atomic E-state index is -4.45. The highest BCUT2D eigenvalue weighted by Crippen LogP contribution is 2.30. The van der Waals surface area contributed by atoms with Crippen LogP contribution in [-0.2, 0) is 6.18 Å². The number of aromatic nitrogens is 2. The Labute approximate surface area is 158 Å². The Morgan fingerprint density at radius 3 is 2.82 bits per heavy atom. The first-order valence-electron chi connectivity index (χ1n) is 8.31. The maximum atomic E-state index is 14.2. The average Bonchev–Trinajstić information content (AvgIpc) is 3.07. The predicted molar refractivity (Wildman–Crippen MR) is 100 cm³/mol. The number of rotatable bonds is 4. The average molecular weight is 391 g/mol. The fraction of sp³-hybridized carbons (Fsp3) is 0.158. The van der Waals surface area contributed by atoms with Crippen LogP contribution in [0.1, 0.15) is 24.0 Å². The molecule has 3 aromatic rings. The van der Waals surface area contributed by atoms with Crippen molar-refractivity contribution in [1.82, 2.24) is 9.97 Å². The van der Waals surface area contributed by atoms with Gasteiger partial charge in [0.05, 0.1) is 22.9 Å². The number of imidazole rings is 1. The number of hydrogen-bond donors (Lipinski definition) is 3. The lowest BCUT2D eigenvalue weighted by Gasteiger charge is -2.10. The van der Waals surface area contributed by atoms with E-state index < -0.39 is 17.6 Å². The van der Waals surface area contributed by atoms with Crippen molar-refractivity contribution in [3.63, 3.8) is 0 Å². The molecule has 1 aromatic heterocycles. The number of benzene rings is 2. The molecular formula is C19H17F4N5. The van der Waals surface area contributed by atoms with E-state index in [-0.39, 0.29) is 17.6 Å². The number of nitrogens with two attached hydrogens (primary N) is 1. The third kappa shape index (κ3) is 4.48. The molecule has 0 fully saturated rings. The lowest BCUT2D eigenvalue weighted by atomic mass is 10.00. The van der Waals surface area contributed by atoms with E-state index in [0.29, 0.717) is 16.6 Å². The third-order valence-electron chi connectivity index (χ3n) is 4.08. The largest absolute Gasteiger partial charge is 0.416 e. The van der Waals surface area contributed by atoms with Crippen LogP contribution in [0.5, 0.6) is 0 Å². The predicted octanol–water partition coefficient (Wildman–Crippen LogP) is 4.76. The number of alkyl halides is 3. The molecular weight excluding hydrogens is 374 g/mol. The number of nitrogens with zero attached hydrogens (tertiary/aromatic N) is 2. The third-order valence-corrected chi connectivity index (χ3v) is 4.08. The van der Waals surface area contributed by atoms with Crippen LogP contribution in [0.25, 0.3) is 11.0 Å². The van der Waals surface area contributed by atoms with Crippen molar-refractivity contribution in [2.75, 3.05) is 5.32 Å². The Morgan fingerprint density at radius 1 is 1.29 bits per heavy atom. The van der Waals surface area contributed by atoms with E-state index in [4.69, 9.17) is 5.73 Å². The van der Waals surface area contributed by atoms with Gasteiger partial charge >= 0.3 is 6.18 Å². The quantitative estimate of drug-likeness (QED) is 0.341. The second-order valence-corrected chi connectivity index (χ2v) is 6.14. The Morgan fingerprint density at radius 2 is 2.07 bits per heavy atom. The van der Waals surface area contributed by atoms with Crippen molar-refractivity contribution >= 4 is 22.7 Å². The van der Waals surface area contributed by atoms with E-state index in [1.165, 1.54) is 30.7 Å². The SMILES string of the molecule is CC(/C=C\N=C(N)Nc1cccc(C(F)(F)F)c1)c1cc2[nH]cnc2cc1F. The number of fused-ring (bicyclic) bond motifs is 1. The van der Waals surface area contributed by atoms with Gasteiger partial charge in [-0.3, -0.25) is 0 Å². The standard InChI is InChI=1S/C19H17F4N5/c1-11(14-8-16-17(9-15(14)20)27-10-26-16)5-6-25-18(24)28-13-4-2-3-12(7-13)19(21,22)23/h2-11H,1H3,(H,26,27)(H3,24,25,28)/b6-5-. The first-order chi connectivity index (χ1) is 13.2. The molecule has 1 atom stereocenters. The fourth-order valence-electron chi connectivity index (χ4n) is 2.63. The van der Waals surface area contributed by atoms with E-state index in [0.717, 1.165) is 12.1 Å². The van der Waals surface area contributed by atoms with Gasteiger partial charge in [-0.15, -0.1) is 0 Å². The highest BCUT2D eigenvalue weighted by Gasteiger charge is 2.30. The number of halogens is 4. The monoisotopic (exact) mass is 391 g/mol. The molecule has 0 radical (unpaired) electrons. The summed E-state index contributed by atoms with van der Waals surface area (Å²) in [5, 5.41) is 2.59. The van der Waals surface area contributed by atoms with Gasteiger partial charge in [-0.1, -0.05) is 19.1 Å². The van der Waals surface area contributed by atoms with Gasteiger partial charge in [0, 0.05) is 23.9 Å². The second-order valence-electron chi connectivity index (χ2n) is 6.14. The van der Waals surface area contributed by atoms with Crippen LogP contribution in [0, 0.1) is 5.82 Å². The van der Waals surface area contributed by atoms with Crippen molar-refractivity contribution in [1.29, 1.82) is 0 Å². The van der Waals surface area contributed by atoms with Crippen LogP contribution < -0.4 is 11.1 Å². The maximum absolute atomic E-state index is 14.2. The van der Waals surface area contributed by atoms with Gasteiger partial charge in [-0.25, -0.2) is 14.4 Å². The summed E-state index contributed by atoms with van der Waals surface area (Å²) in [5.74, 6) is -0.791. The van der Waals surface area contributed by atoms with Crippen LogP contribution in [0.4, 0.5) is 23.2 Å². The van der Waals surface area contributed by atoms with E-state index in [2.05, 4.69) is 20.3 Å². The Bertz CT molecular complexity index is 1040. The van der Waals surface area contributed by atoms with Crippen LogP contribution in [0.15, 0.2) is 60.0 Å². The molecule has 5 nitrogen and oxygen atoms in total. The summed E-state index contributed by atoms with van der Waals surface area (Å²) in [7, 11) is 0. The molecule has 0 saturated heterocycles. The Hall–Kier alpha value is -3.36. The summed E-state index contributed by atoms with van der Waals surface area (Å²) in [5.41, 5.74) is 6.76. The summed E-state index contributed by atoms with van der Waals surface area (Å²) in [6, 6.07) is 7.62. The fourth-order valence-corrected chi connectivity index (χ4v) is 2.63. The molecule has 0 amide bonds. The van der Waals surface area contributed by atoms with Crippen molar-refractivity contribution < 1.29 is 17.6 Å². The summed E-state index contributed by atoms with van der Waals surface area (Å²) in [4.78, 5) is 10.9. The minimum absolute atomic E-state index is 0.0905. The zero-order chi connectivity index (χ0) is 20.3. The summed E-state index contributed by atoms with van der Waals surface area (Å²) < 4.78 is 52.4. The lowest BCUT2D eigenvalue weighted by Crippen LogP contribution is -2.22. The van der Waals surface area contributed by atoms with Crippen LogP contribution in [0.3, 0.4) is 0 Å². The zero-order valence-corrected chi connectivity index (χ0v) is 14.8. The van der Waals surface area contributed by atoms with Gasteiger partial charge in [-0.05, 0) is 29.8 Å². The first kappa shape index (κ1) is 19.4. The molecule has 4 N–H and O–H groups in total. The summed E-state index contributed by atoms with van der Waals surface area (Å²) >= 11 is 0. The molecule has 2 aromatic carbocycles. The number of aromatic amines is 1. The lowest BCUT2D eigenvalue weighted by molar-refractivity contribution is -0.137. The number of nitrogens with one attached hydrogen (secondary N) is 2.